The number of aromatic nitrogens is 2. The highest BCUT2D eigenvalue weighted by atomic mass is 16.5. The smallest absolute Gasteiger partial charge is 0.238 e. The van der Waals surface area contributed by atoms with Gasteiger partial charge in [-0.15, -0.1) is 0 Å². The van der Waals surface area contributed by atoms with Crippen LogP contribution in [0.1, 0.15) is 38.0 Å². The third kappa shape index (κ3) is 4.75. The van der Waals surface area contributed by atoms with Crippen molar-refractivity contribution < 1.29 is 23.2 Å². The van der Waals surface area contributed by atoms with Gasteiger partial charge in [0.15, 0.2) is 5.76 Å². The highest BCUT2D eigenvalue weighted by molar-refractivity contribution is 5.76. The number of ether oxygens (including phenoxy) is 2. The lowest BCUT2D eigenvalue weighted by Crippen LogP contribution is -2.50. The Morgan fingerprint density at radius 2 is 2.26 bits per heavy atom. The molecule has 1 saturated heterocycles. The molecule has 0 spiro atoms. The summed E-state index contributed by atoms with van der Waals surface area (Å²) < 4.78 is 22.0. The third-order valence-electron chi connectivity index (χ3n) is 5.20. The van der Waals surface area contributed by atoms with Crippen molar-refractivity contribution in [3.8, 4) is 11.6 Å². The van der Waals surface area contributed by atoms with Crippen molar-refractivity contribution in [2.24, 2.45) is 5.92 Å². The molecule has 146 valence electrons. The Kier molecular flexibility index (Phi) is 5.84. The minimum absolute atomic E-state index is 0.00677. The molecular formula is C19H25N3O5. The number of nitrogens with zero attached hydrogens (tertiary/aromatic N) is 2. The van der Waals surface area contributed by atoms with E-state index in [1.807, 2.05) is 0 Å². The molecule has 1 saturated carbocycles. The number of hydrogen-bond acceptors (Lipinski definition) is 7. The Labute approximate surface area is 157 Å². The fourth-order valence-corrected chi connectivity index (χ4v) is 3.32. The summed E-state index contributed by atoms with van der Waals surface area (Å²) in [5.74, 6) is 1.98. The van der Waals surface area contributed by atoms with Gasteiger partial charge in [-0.3, -0.25) is 4.79 Å². The number of hydrogen-bond donors (Lipinski definition) is 1. The number of carbonyl (C=O) groups is 1. The van der Waals surface area contributed by atoms with Crippen LogP contribution in [-0.4, -0.2) is 48.0 Å². The van der Waals surface area contributed by atoms with E-state index in [1.165, 1.54) is 19.3 Å². The normalized spacial score (nSPS) is 23.1. The molecule has 2 fully saturated rings. The van der Waals surface area contributed by atoms with E-state index in [1.54, 1.807) is 18.4 Å². The molecule has 8 nitrogen and oxygen atoms in total. The SMILES string of the molecule is O=C(CCc1nc(-c2ccco2)no1)N[C@@H]1CCOC[C@H]1OCC1CCC1. The summed E-state index contributed by atoms with van der Waals surface area (Å²) in [6.07, 6.45) is 6.71. The van der Waals surface area contributed by atoms with Crippen LogP contribution in [0.5, 0.6) is 0 Å². The molecule has 27 heavy (non-hydrogen) atoms. The van der Waals surface area contributed by atoms with Gasteiger partial charge in [0.25, 0.3) is 0 Å². The molecule has 1 N–H and O–H groups in total. The molecule has 2 aromatic rings. The molecule has 8 heteroatoms. The highest BCUT2D eigenvalue weighted by Crippen LogP contribution is 2.27. The maximum Gasteiger partial charge on any atom is 0.238 e. The van der Waals surface area contributed by atoms with Crippen molar-refractivity contribution in [1.29, 1.82) is 0 Å². The Hall–Kier alpha value is -2.19. The van der Waals surface area contributed by atoms with E-state index in [-0.39, 0.29) is 24.5 Å². The van der Waals surface area contributed by atoms with Crippen LogP contribution in [0.25, 0.3) is 11.6 Å². The second kappa shape index (κ2) is 8.67. The molecule has 2 aliphatic rings. The first-order valence-corrected chi connectivity index (χ1v) is 9.63. The van der Waals surface area contributed by atoms with Crippen molar-refractivity contribution in [3.05, 3.63) is 24.3 Å². The van der Waals surface area contributed by atoms with Gasteiger partial charge in [-0.1, -0.05) is 11.6 Å². The third-order valence-corrected chi connectivity index (χ3v) is 5.20. The topological polar surface area (TPSA) is 99.6 Å². The van der Waals surface area contributed by atoms with Gasteiger partial charge in [0.2, 0.25) is 17.6 Å². The van der Waals surface area contributed by atoms with Crippen LogP contribution >= 0.6 is 0 Å². The molecule has 0 aromatic carbocycles. The first kappa shape index (κ1) is 18.2. The summed E-state index contributed by atoms with van der Waals surface area (Å²) in [5.41, 5.74) is 0. The molecule has 4 rings (SSSR count). The lowest BCUT2D eigenvalue weighted by molar-refractivity contribution is -0.127. The zero-order valence-corrected chi connectivity index (χ0v) is 15.3. The summed E-state index contributed by atoms with van der Waals surface area (Å²) in [7, 11) is 0. The maximum atomic E-state index is 12.4. The summed E-state index contributed by atoms with van der Waals surface area (Å²) >= 11 is 0. The Morgan fingerprint density at radius 3 is 3.04 bits per heavy atom. The summed E-state index contributed by atoms with van der Waals surface area (Å²) in [4.78, 5) is 16.6. The van der Waals surface area contributed by atoms with Gasteiger partial charge in [0, 0.05) is 26.1 Å². The zero-order valence-electron chi connectivity index (χ0n) is 15.3. The van der Waals surface area contributed by atoms with E-state index < -0.39 is 0 Å². The molecule has 0 unspecified atom stereocenters. The predicted molar refractivity (Wildman–Crippen MR) is 94.8 cm³/mol. The van der Waals surface area contributed by atoms with E-state index in [9.17, 15) is 4.79 Å². The van der Waals surface area contributed by atoms with Crippen LogP contribution in [0, 0.1) is 5.92 Å². The van der Waals surface area contributed by atoms with Crippen LogP contribution in [0.3, 0.4) is 0 Å². The van der Waals surface area contributed by atoms with Gasteiger partial charge in [-0.05, 0) is 37.3 Å². The largest absolute Gasteiger partial charge is 0.461 e. The van der Waals surface area contributed by atoms with Crippen molar-refractivity contribution in [3.63, 3.8) is 0 Å². The van der Waals surface area contributed by atoms with E-state index in [4.69, 9.17) is 18.4 Å². The van der Waals surface area contributed by atoms with Crippen LogP contribution in [0.2, 0.25) is 0 Å². The van der Waals surface area contributed by atoms with Gasteiger partial charge in [-0.2, -0.15) is 4.98 Å². The summed E-state index contributed by atoms with van der Waals surface area (Å²) in [6.45, 7) is 1.94. The minimum atomic E-state index is -0.0720. The second-order valence-corrected chi connectivity index (χ2v) is 7.20. The zero-order chi connectivity index (χ0) is 18.5. The van der Waals surface area contributed by atoms with E-state index in [2.05, 4.69) is 15.5 Å². The molecule has 2 atom stereocenters. The lowest BCUT2D eigenvalue weighted by Gasteiger charge is -2.34. The molecule has 0 radical (unpaired) electrons. The average molecular weight is 375 g/mol. The fraction of sp³-hybridized carbons (Fsp3) is 0.632. The van der Waals surface area contributed by atoms with Crippen LogP contribution in [0.15, 0.2) is 27.3 Å². The van der Waals surface area contributed by atoms with Crippen molar-refractivity contribution in [1.82, 2.24) is 15.5 Å². The summed E-state index contributed by atoms with van der Waals surface area (Å²) in [5, 5.41) is 6.95. The fourth-order valence-electron chi connectivity index (χ4n) is 3.32. The van der Waals surface area contributed by atoms with E-state index in [0.29, 0.717) is 43.0 Å². The average Bonchev–Trinajstić information content (AvgIpc) is 3.31. The first-order chi connectivity index (χ1) is 13.3. The number of rotatable bonds is 8. The number of nitrogens with one attached hydrogen (secondary N) is 1. The molecular weight excluding hydrogens is 350 g/mol. The first-order valence-electron chi connectivity index (χ1n) is 9.63. The standard InChI is InChI=1S/C19H25N3O5/c23-17(6-7-18-21-19(22-27-18)15-5-2-9-25-15)20-14-8-10-24-12-16(14)26-11-13-3-1-4-13/h2,5,9,13-14,16H,1,3-4,6-8,10-12H2,(H,20,23)/t14-,16-/m1/s1. The van der Waals surface area contributed by atoms with Crippen LogP contribution in [-0.2, 0) is 20.7 Å². The van der Waals surface area contributed by atoms with Crippen LogP contribution in [0.4, 0.5) is 0 Å². The van der Waals surface area contributed by atoms with Gasteiger partial charge < -0.3 is 23.7 Å². The monoisotopic (exact) mass is 375 g/mol. The van der Waals surface area contributed by atoms with Crippen molar-refractivity contribution >= 4 is 5.91 Å². The number of aryl methyl sites for hydroxylation is 1. The van der Waals surface area contributed by atoms with Gasteiger partial charge in [0.05, 0.1) is 18.9 Å². The molecule has 1 aliphatic heterocycles. The number of carbonyl (C=O) groups excluding carboxylic acids is 1. The molecule has 3 heterocycles. The van der Waals surface area contributed by atoms with E-state index in [0.717, 1.165) is 13.0 Å². The quantitative estimate of drug-likeness (QED) is 0.756. The highest BCUT2D eigenvalue weighted by Gasteiger charge is 2.29. The second-order valence-electron chi connectivity index (χ2n) is 7.20. The van der Waals surface area contributed by atoms with Gasteiger partial charge in [-0.25, -0.2) is 0 Å². The van der Waals surface area contributed by atoms with E-state index >= 15 is 0 Å². The summed E-state index contributed by atoms with van der Waals surface area (Å²) in [6, 6.07) is 3.51. The van der Waals surface area contributed by atoms with Gasteiger partial charge >= 0.3 is 0 Å². The van der Waals surface area contributed by atoms with Crippen molar-refractivity contribution in [2.75, 3.05) is 19.8 Å². The Morgan fingerprint density at radius 1 is 1.33 bits per heavy atom. The van der Waals surface area contributed by atoms with Gasteiger partial charge in [0.1, 0.15) is 6.10 Å². The number of furan rings is 1. The minimum Gasteiger partial charge on any atom is -0.461 e. The Bertz CT molecular complexity index is 726. The van der Waals surface area contributed by atoms with Crippen molar-refractivity contribution in [2.45, 2.75) is 50.7 Å². The number of amides is 1. The molecule has 0 bridgehead atoms. The predicted octanol–water partition coefficient (Wildman–Crippen LogP) is 2.35. The maximum absolute atomic E-state index is 12.4. The molecule has 1 amide bonds. The van der Waals surface area contributed by atoms with Crippen LogP contribution < -0.4 is 5.32 Å². The lowest BCUT2D eigenvalue weighted by atomic mass is 9.86. The Balaban J connectivity index is 1.24. The molecule has 2 aromatic heterocycles. The molecule has 1 aliphatic carbocycles.